The van der Waals surface area contributed by atoms with Crippen molar-refractivity contribution in [2.24, 2.45) is 13.0 Å². The van der Waals surface area contributed by atoms with E-state index in [1.165, 1.54) is 24.1 Å². The van der Waals surface area contributed by atoms with Crippen molar-refractivity contribution in [1.29, 1.82) is 0 Å². The van der Waals surface area contributed by atoms with Crippen LogP contribution in [0, 0.1) is 19.8 Å². The molecule has 0 bridgehead atoms. The van der Waals surface area contributed by atoms with Gasteiger partial charge in [-0.3, -0.25) is 4.68 Å². The fourth-order valence-corrected chi connectivity index (χ4v) is 2.72. The summed E-state index contributed by atoms with van der Waals surface area (Å²) in [4.78, 5) is 0. The van der Waals surface area contributed by atoms with Gasteiger partial charge in [0, 0.05) is 44.1 Å². The second-order valence-electron chi connectivity index (χ2n) is 5.39. The molecule has 102 valence electrons. The number of hydrogen-bond donors (Lipinski definition) is 1. The second kappa shape index (κ2) is 5.85. The van der Waals surface area contributed by atoms with Crippen molar-refractivity contribution in [2.45, 2.75) is 46.2 Å². The number of nitrogens with zero attached hydrogens (tertiary/aromatic N) is 2. The highest BCUT2D eigenvalue weighted by molar-refractivity contribution is 5.24. The molecule has 0 radical (unpaired) electrons. The van der Waals surface area contributed by atoms with Crippen LogP contribution in [-0.4, -0.2) is 29.0 Å². The molecule has 1 N–H and O–H groups in total. The maximum atomic E-state index is 5.41. The van der Waals surface area contributed by atoms with E-state index in [2.05, 4.69) is 31.2 Å². The molecule has 0 aromatic carbocycles. The lowest BCUT2D eigenvalue weighted by Gasteiger charge is -2.28. The molecule has 1 unspecified atom stereocenters. The van der Waals surface area contributed by atoms with Crippen LogP contribution < -0.4 is 5.32 Å². The lowest BCUT2D eigenvalue weighted by atomic mass is 9.93. The van der Waals surface area contributed by atoms with Gasteiger partial charge >= 0.3 is 0 Å². The Morgan fingerprint density at radius 1 is 1.39 bits per heavy atom. The Kier molecular flexibility index (Phi) is 4.40. The van der Waals surface area contributed by atoms with Crippen LogP contribution in [-0.2, 0) is 18.3 Å². The van der Waals surface area contributed by atoms with Crippen LogP contribution in [0.25, 0.3) is 0 Å². The molecule has 18 heavy (non-hydrogen) atoms. The highest BCUT2D eigenvalue weighted by Gasteiger charge is 2.20. The van der Waals surface area contributed by atoms with Crippen molar-refractivity contribution in [3.63, 3.8) is 0 Å². The molecule has 2 heterocycles. The average Bonchev–Trinajstić information content (AvgIpc) is 2.62. The Morgan fingerprint density at radius 3 is 2.61 bits per heavy atom. The van der Waals surface area contributed by atoms with Gasteiger partial charge in [-0.15, -0.1) is 0 Å². The first-order chi connectivity index (χ1) is 8.59. The quantitative estimate of drug-likeness (QED) is 0.889. The van der Waals surface area contributed by atoms with E-state index < -0.39 is 0 Å². The van der Waals surface area contributed by atoms with E-state index in [0.717, 1.165) is 31.4 Å². The normalized spacial score (nSPS) is 19.1. The summed E-state index contributed by atoms with van der Waals surface area (Å²) >= 11 is 0. The van der Waals surface area contributed by atoms with E-state index in [4.69, 9.17) is 4.74 Å². The standard InChI is InChI=1S/C14H25N3O/c1-10(13-5-7-18-8-6-13)15-9-14-11(2)16-17(4)12(14)3/h10,13,15H,5-9H2,1-4H3. The van der Waals surface area contributed by atoms with Crippen molar-refractivity contribution < 1.29 is 4.74 Å². The van der Waals surface area contributed by atoms with Gasteiger partial charge in [-0.2, -0.15) is 5.10 Å². The Morgan fingerprint density at radius 2 is 2.06 bits per heavy atom. The van der Waals surface area contributed by atoms with Gasteiger partial charge in [-0.05, 0) is 39.5 Å². The molecule has 1 fully saturated rings. The molecule has 0 saturated carbocycles. The first-order valence-electron chi connectivity index (χ1n) is 6.89. The number of nitrogens with one attached hydrogen (secondary N) is 1. The van der Waals surface area contributed by atoms with Crippen LogP contribution in [0.3, 0.4) is 0 Å². The monoisotopic (exact) mass is 251 g/mol. The topological polar surface area (TPSA) is 39.1 Å². The van der Waals surface area contributed by atoms with Crippen LogP contribution in [0.2, 0.25) is 0 Å². The molecule has 0 aliphatic carbocycles. The van der Waals surface area contributed by atoms with E-state index in [1.54, 1.807) is 0 Å². The number of rotatable bonds is 4. The first kappa shape index (κ1) is 13.6. The summed E-state index contributed by atoms with van der Waals surface area (Å²) < 4.78 is 7.38. The van der Waals surface area contributed by atoms with Crippen LogP contribution in [0.1, 0.15) is 36.7 Å². The summed E-state index contributed by atoms with van der Waals surface area (Å²) in [5.41, 5.74) is 3.75. The van der Waals surface area contributed by atoms with Crippen molar-refractivity contribution in [2.75, 3.05) is 13.2 Å². The summed E-state index contributed by atoms with van der Waals surface area (Å²) in [6.07, 6.45) is 2.36. The molecule has 1 atom stereocenters. The molecule has 1 aromatic rings. The molecule has 0 amide bonds. The highest BCUT2D eigenvalue weighted by atomic mass is 16.5. The van der Waals surface area contributed by atoms with Gasteiger partial charge in [0.1, 0.15) is 0 Å². The van der Waals surface area contributed by atoms with Crippen molar-refractivity contribution in [3.8, 4) is 0 Å². The van der Waals surface area contributed by atoms with E-state index in [0.29, 0.717) is 6.04 Å². The number of ether oxygens (including phenoxy) is 1. The molecule has 1 aliphatic rings. The van der Waals surface area contributed by atoms with Crippen LogP contribution in [0.15, 0.2) is 0 Å². The lowest BCUT2D eigenvalue weighted by molar-refractivity contribution is 0.0557. The zero-order chi connectivity index (χ0) is 13.1. The fraction of sp³-hybridized carbons (Fsp3) is 0.786. The third kappa shape index (κ3) is 2.93. The second-order valence-corrected chi connectivity index (χ2v) is 5.39. The molecule has 1 saturated heterocycles. The summed E-state index contributed by atoms with van der Waals surface area (Å²) in [5, 5.41) is 8.11. The molecule has 1 aliphatic heterocycles. The van der Waals surface area contributed by atoms with E-state index in [1.807, 2.05) is 11.7 Å². The van der Waals surface area contributed by atoms with Gasteiger partial charge in [-0.25, -0.2) is 0 Å². The van der Waals surface area contributed by atoms with Crippen LogP contribution in [0.4, 0.5) is 0 Å². The van der Waals surface area contributed by atoms with Gasteiger partial charge < -0.3 is 10.1 Å². The van der Waals surface area contributed by atoms with Crippen LogP contribution >= 0.6 is 0 Å². The maximum absolute atomic E-state index is 5.41. The minimum absolute atomic E-state index is 0.549. The Balaban J connectivity index is 1.90. The van der Waals surface area contributed by atoms with Crippen LogP contribution in [0.5, 0.6) is 0 Å². The van der Waals surface area contributed by atoms with Gasteiger partial charge in [0.15, 0.2) is 0 Å². The number of aryl methyl sites for hydroxylation is 2. The lowest BCUT2D eigenvalue weighted by Crippen LogP contribution is -2.36. The van der Waals surface area contributed by atoms with Crippen molar-refractivity contribution >= 4 is 0 Å². The Hall–Kier alpha value is -0.870. The highest BCUT2D eigenvalue weighted by Crippen LogP contribution is 2.19. The predicted octanol–water partition coefficient (Wildman–Crippen LogP) is 1.94. The van der Waals surface area contributed by atoms with Gasteiger partial charge in [0.25, 0.3) is 0 Å². The summed E-state index contributed by atoms with van der Waals surface area (Å²) in [7, 11) is 2.01. The van der Waals surface area contributed by atoms with Crippen molar-refractivity contribution in [3.05, 3.63) is 17.0 Å². The largest absolute Gasteiger partial charge is 0.381 e. The average molecular weight is 251 g/mol. The Bertz CT molecular complexity index is 394. The molecule has 2 rings (SSSR count). The molecular weight excluding hydrogens is 226 g/mol. The summed E-state index contributed by atoms with van der Waals surface area (Å²) in [6, 6.07) is 0.549. The minimum atomic E-state index is 0.549. The van der Waals surface area contributed by atoms with E-state index in [9.17, 15) is 0 Å². The van der Waals surface area contributed by atoms with Gasteiger partial charge in [0.05, 0.1) is 5.69 Å². The van der Waals surface area contributed by atoms with Crippen molar-refractivity contribution in [1.82, 2.24) is 15.1 Å². The third-order valence-electron chi connectivity index (χ3n) is 4.23. The molecule has 0 spiro atoms. The summed E-state index contributed by atoms with van der Waals surface area (Å²) in [6.45, 7) is 9.27. The third-order valence-corrected chi connectivity index (χ3v) is 4.23. The van der Waals surface area contributed by atoms with Gasteiger partial charge in [0.2, 0.25) is 0 Å². The Labute approximate surface area is 110 Å². The molecule has 4 heteroatoms. The zero-order valence-corrected chi connectivity index (χ0v) is 12.0. The number of hydrogen-bond acceptors (Lipinski definition) is 3. The van der Waals surface area contributed by atoms with E-state index in [-0.39, 0.29) is 0 Å². The van der Waals surface area contributed by atoms with E-state index >= 15 is 0 Å². The molecule has 1 aromatic heterocycles. The zero-order valence-electron chi connectivity index (χ0n) is 12.0. The van der Waals surface area contributed by atoms with Gasteiger partial charge in [-0.1, -0.05) is 0 Å². The molecular formula is C14H25N3O. The first-order valence-corrected chi connectivity index (χ1v) is 6.89. The number of aromatic nitrogens is 2. The molecule has 4 nitrogen and oxygen atoms in total. The maximum Gasteiger partial charge on any atom is 0.0641 e. The smallest absolute Gasteiger partial charge is 0.0641 e. The summed E-state index contributed by atoms with van der Waals surface area (Å²) in [5.74, 6) is 0.746. The fourth-order valence-electron chi connectivity index (χ4n) is 2.72. The SMILES string of the molecule is Cc1nn(C)c(C)c1CNC(C)C1CCOCC1. The predicted molar refractivity (Wildman–Crippen MR) is 72.5 cm³/mol. The minimum Gasteiger partial charge on any atom is -0.381 e.